The quantitative estimate of drug-likeness (QED) is 0.896. The highest BCUT2D eigenvalue weighted by Crippen LogP contribution is 2.34. The van der Waals surface area contributed by atoms with Crippen LogP contribution in [0.5, 0.6) is 0 Å². The molecular formula is C15H18N4. The summed E-state index contributed by atoms with van der Waals surface area (Å²) in [6, 6.07) is 1.99. The molecule has 3 rings (SSSR count). The van der Waals surface area contributed by atoms with E-state index in [2.05, 4.69) is 36.2 Å². The molecule has 1 aliphatic rings. The first-order valence-electron chi connectivity index (χ1n) is 6.55. The van der Waals surface area contributed by atoms with Gasteiger partial charge in [0, 0.05) is 23.9 Å². The molecule has 98 valence electrons. The van der Waals surface area contributed by atoms with Crippen LogP contribution >= 0.6 is 0 Å². The second kappa shape index (κ2) is 4.31. The van der Waals surface area contributed by atoms with Crippen molar-refractivity contribution in [2.75, 3.05) is 0 Å². The van der Waals surface area contributed by atoms with Crippen LogP contribution in [0.4, 0.5) is 0 Å². The van der Waals surface area contributed by atoms with Crippen molar-refractivity contribution < 1.29 is 0 Å². The third kappa shape index (κ3) is 1.98. The first kappa shape index (κ1) is 12.1. The molecule has 2 heterocycles. The van der Waals surface area contributed by atoms with Crippen LogP contribution in [0.1, 0.15) is 37.6 Å². The number of rotatable bonds is 2. The number of aromatic nitrogens is 3. The van der Waals surface area contributed by atoms with Crippen LogP contribution in [0, 0.1) is 0 Å². The van der Waals surface area contributed by atoms with Crippen molar-refractivity contribution in [3.05, 3.63) is 54.0 Å². The molecule has 2 aromatic heterocycles. The number of imidazole rings is 1. The van der Waals surface area contributed by atoms with Crippen molar-refractivity contribution in [2.24, 2.45) is 5.73 Å². The molecule has 0 saturated carbocycles. The average molecular weight is 254 g/mol. The number of nitrogens with two attached hydrogens (primary N) is 1. The van der Waals surface area contributed by atoms with Gasteiger partial charge in [0.1, 0.15) is 0 Å². The summed E-state index contributed by atoms with van der Waals surface area (Å²) >= 11 is 0. The van der Waals surface area contributed by atoms with Gasteiger partial charge in [-0.15, -0.1) is 0 Å². The number of hydrogen-bond acceptors (Lipinski definition) is 3. The van der Waals surface area contributed by atoms with Crippen molar-refractivity contribution in [3.63, 3.8) is 0 Å². The van der Waals surface area contributed by atoms with Crippen molar-refractivity contribution in [1.29, 1.82) is 0 Å². The lowest BCUT2D eigenvalue weighted by Gasteiger charge is -2.29. The van der Waals surface area contributed by atoms with Gasteiger partial charge in [0.15, 0.2) is 5.65 Å². The summed E-state index contributed by atoms with van der Waals surface area (Å²) in [5.74, 6) is 0. The third-order valence-corrected chi connectivity index (χ3v) is 3.70. The van der Waals surface area contributed by atoms with E-state index in [1.165, 1.54) is 0 Å². The summed E-state index contributed by atoms with van der Waals surface area (Å²) in [5, 5.41) is 4.74. The Balaban J connectivity index is 2.23. The highest BCUT2D eigenvalue weighted by molar-refractivity contribution is 5.46. The first-order chi connectivity index (χ1) is 9.10. The molecule has 4 heteroatoms. The fourth-order valence-corrected chi connectivity index (χ4v) is 2.56. The smallest absolute Gasteiger partial charge is 0.153 e. The Bertz CT molecular complexity index is 666. The van der Waals surface area contributed by atoms with E-state index in [0.29, 0.717) is 0 Å². The van der Waals surface area contributed by atoms with Gasteiger partial charge in [0.25, 0.3) is 0 Å². The molecule has 0 amide bonds. The molecule has 4 nitrogen and oxygen atoms in total. The molecule has 2 N–H and O–H groups in total. The standard InChI is InChI=1S/C15H18N4/c1-11(16)12-10-13-17-8-9-19(13)18-14(12)15(2)6-4-3-5-7-15/h3-6,8-11H,7,16H2,1-2H3. The van der Waals surface area contributed by atoms with E-state index in [1.807, 2.05) is 23.7 Å². The molecule has 19 heavy (non-hydrogen) atoms. The zero-order valence-corrected chi connectivity index (χ0v) is 11.2. The molecule has 0 saturated heterocycles. The van der Waals surface area contributed by atoms with E-state index in [4.69, 9.17) is 10.8 Å². The zero-order valence-electron chi connectivity index (χ0n) is 11.2. The molecule has 0 spiro atoms. The second-order valence-corrected chi connectivity index (χ2v) is 5.38. The van der Waals surface area contributed by atoms with Crippen LogP contribution in [0.3, 0.4) is 0 Å². The summed E-state index contributed by atoms with van der Waals surface area (Å²) in [5.41, 5.74) is 8.97. The largest absolute Gasteiger partial charge is 0.324 e. The van der Waals surface area contributed by atoms with E-state index in [1.54, 1.807) is 6.20 Å². The Hall–Kier alpha value is -1.94. The van der Waals surface area contributed by atoms with E-state index >= 15 is 0 Å². The van der Waals surface area contributed by atoms with Gasteiger partial charge in [0.05, 0.1) is 5.69 Å². The van der Waals surface area contributed by atoms with Crippen LogP contribution in [-0.2, 0) is 5.41 Å². The average Bonchev–Trinajstić information content (AvgIpc) is 2.85. The molecule has 0 aromatic carbocycles. The van der Waals surface area contributed by atoms with E-state index in [-0.39, 0.29) is 11.5 Å². The van der Waals surface area contributed by atoms with Gasteiger partial charge in [-0.05, 0) is 25.0 Å². The predicted molar refractivity (Wildman–Crippen MR) is 75.8 cm³/mol. The van der Waals surface area contributed by atoms with Crippen LogP contribution in [0.25, 0.3) is 5.65 Å². The van der Waals surface area contributed by atoms with Gasteiger partial charge in [-0.2, -0.15) is 5.10 Å². The molecular weight excluding hydrogens is 236 g/mol. The maximum Gasteiger partial charge on any atom is 0.153 e. The third-order valence-electron chi connectivity index (χ3n) is 3.70. The lowest BCUT2D eigenvalue weighted by atomic mass is 9.78. The number of nitrogens with zero attached hydrogens (tertiary/aromatic N) is 3. The molecule has 2 aromatic rings. The van der Waals surface area contributed by atoms with Gasteiger partial charge in [-0.3, -0.25) is 0 Å². The second-order valence-electron chi connectivity index (χ2n) is 5.38. The maximum absolute atomic E-state index is 6.12. The minimum atomic E-state index is -0.101. The Kier molecular flexibility index (Phi) is 2.75. The van der Waals surface area contributed by atoms with Gasteiger partial charge in [0.2, 0.25) is 0 Å². The normalized spacial score (nSPS) is 23.9. The number of allylic oxidation sites excluding steroid dienone is 4. The van der Waals surface area contributed by atoms with Gasteiger partial charge >= 0.3 is 0 Å². The van der Waals surface area contributed by atoms with Crippen molar-refractivity contribution in [3.8, 4) is 0 Å². The summed E-state index contributed by atoms with van der Waals surface area (Å²) < 4.78 is 1.82. The molecule has 2 unspecified atom stereocenters. The summed E-state index contributed by atoms with van der Waals surface area (Å²) in [6.07, 6.45) is 13.1. The Morgan fingerprint density at radius 2 is 2.26 bits per heavy atom. The van der Waals surface area contributed by atoms with Gasteiger partial charge in [-0.1, -0.05) is 31.2 Å². The lowest BCUT2D eigenvalue weighted by molar-refractivity contribution is 0.548. The van der Waals surface area contributed by atoms with Crippen molar-refractivity contribution in [2.45, 2.75) is 31.7 Å². The molecule has 1 aliphatic carbocycles. The Morgan fingerprint density at radius 3 is 2.95 bits per heavy atom. The lowest BCUT2D eigenvalue weighted by Crippen LogP contribution is -2.26. The zero-order chi connectivity index (χ0) is 13.5. The molecule has 0 radical (unpaired) electrons. The maximum atomic E-state index is 6.12. The van der Waals surface area contributed by atoms with Crippen molar-refractivity contribution in [1.82, 2.24) is 14.6 Å². The van der Waals surface area contributed by atoms with E-state index in [0.717, 1.165) is 23.3 Å². The highest BCUT2D eigenvalue weighted by atomic mass is 15.2. The van der Waals surface area contributed by atoms with Crippen LogP contribution < -0.4 is 5.73 Å². The molecule has 0 bridgehead atoms. The van der Waals surface area contributed by atoms with Gasteiger partial charge in [-0.25, -0.2) is 9.50 Å². The predicted octanol–water partition coefficient (Wildman–Crippen LogP) is 2.52. The number of fused-ring (bicyclic) bond motifs is 1. The Morgan fingerprint density at radius 1 is 1.42 bits per heavy atom. The summed E-state index contributed by atoms with van der Waals surface area (Å²) in [4.78, 5) is 4.28. The summed E-state index contributed by atoms with van der Waals surface area (Å²) in [6.45, 7) is 4.19. The molecule has 2 atom stereocenters. The number of hydrogen-bond donors (Lipinski definition) is 1. The topological polar surface area (TPSA) is 56.2 Å². The van der Waals surface area contributed by atoms with Crippen molar-refractivity contribution >= 4 is 5.65 Å². The SMILES string of the molecule is CC(N)c1cc2nccn2nc1C1(C)C=CC=CC1. The minimum absolute atomic E-state index is 0.0552. The molecule has 0 fully saturated rings. The highest BCUT2D eigenvalue weighted by Gasteiger charge is 2.29. The monoisotopic (exact) mass is 254 g/mol. The van der Waals surface area contributed by atoms with Crippen LogP contribution in [0.15, 0.2) is 42.8 Å². The fraction of sp³-hybridized carbons (Fsp3) is 0.333. The van der Waals surface area contributed by atoms with Crippen LogP contribution in [0.2, 0.25) is 0 Å². The molecule has 0 aliphatic heterocycles. The van der Waals surface area contributed by atoms with Crippen LogP contribution in [-0.4, -0.2) is 14.6 Å². The fourth-order valence-electron chi connectivity index (χ4n) is 2.56. The summed E-state index contributed by atoms with van der Waals surface area (Å²) in [7, 11) is 0. The minimum Gasteiger partial charge on any atom is -0.324 e. The first-order valence-corrected chi connectivity index (χ1v) is 6.55. The van der Waals surface area contributed by atoms with E-state index in [9.17, 15) is 0 Å². The Labute approximate surface area is 112 Å². The van der Waals surface area contributed by atoms with Gasteiger partial charge < -0.3 is 5.73 Å². The van der Waals surface area contributed by atoms with E-state index < -0.39 is 0 Å².